The first kappa shape index (κ1) is 13.4. The minimum absolute atomic E-state index is 0.875. The molecule has 1 saturated heterocycles. The molecule has 0 bridgehead atoms. The van der Waals surface area contributed by atoms with Crippen molar-refractivity contribution in [2.45, 2.75) is 31.5 Å². The number of hydrogen-bond donors (Lipinski definition) is 0. The Bertz CT molecular complexity index is 378. The van der Waals surface area contributed by atoms with Crippen LogP contribution in [0.4, 0.5) is 5.69 Å². The summed E-state index contributed by atoms with van der Waals surface area (Å²) < 4.78 is 1.18. The summed E-state index contributed by atoms with van der Waals surface area (Å²) in [5.41, 5.74) is 2.79. The molecule has 1 unspecified atom stereocenters. The number of alkyl halides is 1. The normalized spacial score (nSPS) is 21.4. The molecule has 0 amide bonds. The number of benzene rings is 1. The van der Waals surface area contributed by atoms with Gasteiger partial charge in [0.2, 0.25) is 0 Å². The van der Waals surface area contributed by atoms with Crippen molar-refractivity contribution in [3.8, 4) is 0 Å². The van der Waals surface area contributed by atoms with E-state index in [1.165, 1.54) is 48.1 Å². The van der Waals surface area contributed by atoms with Gasteiger partial charge in [-0.1, -0.05) is 44.8 Å². The molecule has 0 aliphatic carbocycles. The highest BCUT2D eigenvalue weighted by molar-refractivity contribution is 9.10. The quantitative estimate of drug-likeness (QED) is 0.673. The fraction of sp³-hybridized carbons (Fsp3) is 0.571. The van der Waals surface area contributed by atoms with E-state index >= 15 is 0 Å². The Balaban J connectivity index is 2.22. The van der Waals surface area contributed by atoms with Crippen LogP contribution in [0.2, 0.25) is 0 Å². The Morgan fingerprint density at radius 1 is 1.29 bits per heavy atom. The van der Waals surface area contributed by atoms with Crippen molar-refractivity contribution in [2.75, 3.05) is 18.0 Å². The summed E-state index contributed by atoms with van der Waals surface area (Å²) in [7, 11) is 0. The summed E-state index contributed by atoms with van der Waals surface area (Å²) in [6.45, 7) is 4.76. The molecule has 1 aliphatic rings. The molecule has 0 saturated carbocycles. The Morgan fingerprint density at radius 3 is 2.88 bits per heavy atom. The molecule has 2 rings (SSSR count). The summed E-state index contributed by atoms with van der Waals surface area (Å²) in [6.07, 6.45) is 4.00. The van der Waals surface area contributed by atoms with Crippen LogP contribution in [0.25, 0.3) is 0 Å². The van der Waals surface area contributed by atoms with Crippen LogP contribution >= 0.6 is 31.9 Å². The first-order valence-electron chi connectivity index (χ1n) is 6.30. The van der Waals surface area contributed by atoms with Gasteiger partial charge in [0.15, 0.2) is 0 Å². The molecule has 94 valence electrons. The topological polar surface area (TPSA) is 3.24 Å². The van der Waals surface area contributed by atoms with Crippen LogP contribution in [0.15, 0.2) is 22.7 Å². The van der Waals surface area contributed by atoms with Crippen molar-refractivity contribution >= 4 is 37.5 Å². The summed E-state index contributed by atoms with van der Waals surface area (Å²) in [4.78, 5) is 2.55. The van der Waals surface area contributed by atoms with Gasteiger partial charge in [-0.2, -0.15) is 0 Å². The number of nitrogens with zero attached hydrogens (tertiary/aromatic N) is 1. The summed E-state index contributed by atoms with van der Waals surface area (Å²) >= 11 is 7.17. The lowest BCUT2D eigenvalue weighted by molar-refractivity contribution is 0.521. The number of rotatable bonds is 2. The molecule has 0 aromatic heterocycles. The van der Waals surface area contributed by atoms with Gasteiger partial charge in [-0.15, -0.1) is 0 Å². The summed E-state index contributed by atoms with van der Waals surface area (Å²) in [5, 5.41) is 0.932. The van der Waals surface area contributed by atoms with Gasteiger partial charge >= 0.3 is 0 Å². The van der Waals surface area contributed by atoms with E-state index in [4.69, 9.17) is 0 Å². The molecule has 1 nitrogen and oxygen atoms in total. The Hall–Kier alpha value is -0.0200. The summed E-state index contributed by atoms with van der Waals surface area (Å²) in [6, 6.07) is 6.59. The van der Waals surface area contributed by atoms with Crippen LogP contribution in [0.3, 0.4) is 0 Å². The van der Waals surface area contributed by atoms with Gasteiger partial charge in [-0.25, -0.2) is 0 Å². The van der Waals surface area contributed by atoms with E-state index in [1.54, 1.807) is 0 Å². The number of halogens is 2. The van der Waals surface area contributed by atoms with Crippen molar-refractivity contribution < 1.29 is 0 Å². The Kier molecular flexibility index (Phi) is 4.92. The largest absolute Gasteiger partial charge is 0.371 e. The third-order valence-corrected chi connectivity index (χ3v) is 4.65. The second-order valence-electron chi connectivity index (χ2n) is 4.93. The van der Waals surface area contributed by atoms with Gasteiger partial charge in [-0.05, 0) is 42.9 Å². The van der Waals surface area contributed by atoms with E-state index in [1.807, 2.05) is 0 Å². The van der Waals surface area contributed by atoms with Crippen molar-refractivity contribution in [2.24, 2.45) is 5.92 Å². The van der Waals surface area contributed by atoms with E-state index in [-0.39, 0.29) is 0 Å². The lowest BCUT2D eigenvalue weighted by Crippen LogP contribution is -2.25. The van der Waals surface area contributed by atoms with Crippen LogP contribution in [0.5, 0.6) is 0 Å². The van der Waals surface area contributed by atoms with Crippen molar-refractivity contribution in [1.82, 2.24) is 0 Å². The molecule has 1 fully saturated rings. The van der Waals surface area contributed by atoms with Crippen LogP contribution in [0.1, 0.15) is 31.7 Å². The van der Waals surface area contributed by atoms with Gasteiger partial charge in [-0.3, -0.25) is 0 Å². The van der Waals surface area contributed by atoms with Gasteiger partial charge < -0.3 is 4.90 Å². The van der Waals surface area contributed by atoms with Crippen LogP contribution < -0.4 is 4.90 Å². The molecule has 3 heteroatoms. The Morgan fingerprint density at radius 2 is 2.12 bits per heavy atom. The van der Waals surface area contributed by atoms with E-state index in [0.29, 0.717) is 0 Å². The van der Waals surface area contributed by atoms with E-state index < -0.39 is 0 Å². The first-order valence-corrected chi connectivity index (χ1v) is 8.21. The van der Waals surface area contributed by atoms with Crippen molar-refractivity contribution in [1.29, 1.82) is 0 Å². The molecule has 1 atom stereocenters. The molecule has 0 radical (unpaired) electrons. The molecule has 0 spiro atoms. The second-order valence-corrected chi connectivity index (χ2v) is 6.41. The number of anilines is 1. The highest BCUT2D eigenvalue weighted by atomic mass is 79.9. The fourth-order valence-electron chi connectivity index (χ4n) is 2.45. The molecular weight excluding hydrogens is 342 g/mol. The predicted molar refractivity (Wildman–Crippen MR) is 82.0 cm³/mol. The minimum atomic E-state index is 0.875. The first-order chi connectivity index (χ1) is 8.20. The third-order valence-electron chi connectivity index (χ3n) is 3.55. The number of hydrogen-bond acceptors (Lipinski definition) is 1. The zero-order valence-corrected chi connectivity index (χ0v) is 13.4. The lowest BCUT2D eigenvalue weighted by atomic mass is 10.0. The highest BCUT2D eigenvalue weighted by Crippen LogP contribution is 2.29. The van der Waals surface area contributed by atoms with Crippen molar-refractivity contribution in [3.63, 3.8) is 0 Å². The SMILES string of the molecule is CC1CCCN(c2cc(Br)ccc2CBr)CC1. The summed E-state index contributed by atoms with van der Waals surface area (Å²) in [5.74, 6) is 0.875. The maximum atomic E-state index is 3.59. The van der Waals surface area contributed by atoms with Gasteiger partial charge in [0.05, 0.1) is 0 Å². The standard InChI is InChI=1S/C14H19Br2N/c1-11-3-2-7-17(8-6-11)14-9-13(16)5-4-12(14)10-15/h4-5,9,11H,2-3,6-8,10H2,1H3. The minimum Gasteiger partial charge on any atom is -0.371 e. The molecule has 1 aromatic rings. The smallest absolute Gasteiger partial charge is 0.0418 e. The third kappa shape index (κ3) is 3.47. The zero-order chi connectivity index (χ0) is 12.3. The van der Waals surface area contributed by atoms with E-state index in [0.717, 1.165) is 11.2 Å². The monoisotopic (exact) mass is 359 g/mol. The second kappa shape index (κ2) is 6.24. The average molecular weight is 361 g/mol. The van der Waals surface area contributed by atoms with Gasteiger partial charge in [0, 0.05) is 28.6 Å². The molecule has 0 N–H and O–H groups in total. The maximum Gasteiger partial charge on any atom is 0.0418 e. The average Bonchev–Trinajstić information content (AvgIpc) is 2.54. The lowest BCUT2D eigenvalue weighted by Gasteiger charge is -2.25. The molecule has 1 heterocycles. The fourth-order valence-corrected chi connectivity index (χ4v) is 3.27. The molecule has 1 aromatic carbocycles. The molecular formula is C14H19Br2N. The predicted octanol–water partition coefficient (Wildman–Crippen LogP) is 4.97. The van der Waals surface area contributed by atoms with Crippen LogP contribution in [-0.4, -0.2) is 13.1 Å². The van der Waals surface area contributed by atoms with Crippen molar-refractivity contribution in [3.05, 3.63) is 28.2 Å². The van der Waals surface area contributed by atoms with Crippen LogP contribution in [-0.2, 0) is 5.33 Å². The maximum absolute atomic E-state index is 3.59. The van der Waals surface area contributed by atoms with E-state index in [2.05, 4.69) is 61.9 Å². The van der Waals surface area contributed by atoms with E-state index in [9.17, 15) is 0 Å². The highest BCUT2D eigenvalue weighted by Gasteiger charge is 2.16. The molecule has 1 aliphatic heterocycles. The van der Waals surface area contributed by atoms with Gasteiger partial charge in [0.1, 0.15) is 0 Å². The van der Waals surface area contributed by atoms with Gasteiger partial charge in [0.25, 0.3) is 0 Å². The molecule has 17 heavy (non-hydrogen) atoms. The Labute approximate surface area is 121 Å². The van der Waals surface area contributed by atoms with Crippen LogP contribution in [0, 0.1) is 5.92 Å². The zero-order valence-electron chi connectivity index (χ0n) is 10.3.